The molecular formula is C11H20N2O3. The van der Waals surface area contributed by atoms with Crippen molar-refractivity contribution in [1.29, 1.82) is 0 Å². The van der Waals surface area contributed by atoms with Crippen LogP contribution in [0.3, 0.4) is 0 Å². The Morgan fingerprint density at radius 1 is 1.31 bits per heavy atom. The zero-order chi connectivity index (χ0) is 12.9. The molecule has 0 aromatic rings. The molecule has 5 nitrogen and oxygen atoms in total. The maximum absolute atomic E-state index is 11.4. The number of rotatable bonds is 3. The van der Waals surface area contributed by atoms with Crippen LogP contribution in [0.1, 0.15) is 41.0 Å². The third kappa shape index (κ3) is 5.38. The molecule has 0 unspecified atom stereocenters. The minimum atomic E-state index is -0.579. The van der Waals surface area contributed by atoms with Gasteiger partial charge in [0.2, 0.25) is 5.91 Å². The van der Waals surface area contributed by atoms with Gasteiger partial charge in [0.15, 0.2) is 0 Å². The Labute approximate surface area is 96.0 Å². The highest BCUT2D eigenvalue weighted by molar-refractivity contribution is 5.92. The quantitative estimate of drug-likeness (QED) is 0.721. The van der Waals surface area contributed by atoms with E-state index in [1.54, 1.807) is 27.7 Å². The molecule has 0 saturated heterocycles. The maximum Gasteiger partial charge on any atom is 0.411 e. The molecule has 3 N–H and O–H groups in total. The number of hydrogen-bond acceptors (Lipinski definition) is 3. The first kappa shape index (κ1) is 14.5. The minimum absolute atomic E-state index is 0.341. The summed E-state index contributed by atoms with van der Waals surface area (Å²) in [5.74, 6) is -0.548. The van der Waals surface area contributed by atoms with E-state index in [-0.39, 0.29) is 0 Å². The van der Waals surface area contributed by atoms with Gasteiger partial charge in [0.1, 0.15) is 5.60 Å². The first-order valence-electron chi connectivity index (χ1n) is 5.17. The third-order valence-corrected chi connectivity index (χ3v) is 1.83. The summed E-state index contributed by atoms with van der Waals surface area (Å²) < 4.78 is 5.06. The maximum atomic E-state index is 11.4. The second-order valence-corrected chi connectivity index (χ2v) is 4.45. The van der Waals surface area contributed by atoms with Crippen LogP contribution < -0.4 is 11.1 Å². The topological polar surface area (TPSA) is 81.4 Å². The van der Waals surface area contributed by atoms with Crippen molar-refractivity contribution in [2.45, 2.75) is 46.6 Å². The fourth-order valence-electron chi connectivity index (χ4n) is 1.02. The highest BCUT2D eigenvalue weighted by Gasteiger charge is 2.17. The second kappa shape index (κ2) is 5.53. The predicted molar refractivity (Wildman–Crippen MR) is 61.6 cm³/mol. The first-order chi connectivity index (χ1) is 7.17. The molecule has 5 heteroatoms. The number of carbonyl (C=O) groups is 2. The van der Waals surface area contributed by atoms with Crippen LogP contribution in [0.2, 0.25) is 0 Å². The SMILES string of the molecule is CC/C(NC(=O)OC(C)(C)C)=C(/C)C(N)=O. The number of nitrogens with one attached hydrogen (secondary N) is 1. The van der Waals surface area contributed by atoms with Gasteiger partial charge in [-0.1, -0.05) is 6.92 Å². The lowest BCUT2D eigenvalue weighted by molar-refractivity contribution is -0.114. The van der Waals surface area contributed by atoms with E-state index in [4.69, 9.17) is 10.5 Å². The van der Waals surface area contributed by atoms with E-state index in [0.717, 1.165) is 0 Å². The van der Waals surface area contributed by atoms with Crippen molar-refractivity contribution >= 4 is 12.0 Å². The van der Waals surface area contributed by atoms with Gasteiger partial charge in [-0.25, -0.2) is 4.79 Å². The number of hydrogen-bond donors (Lipinski definition) is 2. The molecule has 0 saturated carbocycles. The molecule has 0 spiro atoms. The summed E-state index contributed by atoms with van der Waals surface area (Å²) in [6, 6.07) is 0. The molecule has 92 valence electrons. The van der Waals surface area contributed by atoms with Gasteiger partial charge >= 0.3 is 6.09 Å². The Bertz CT molecular complexity index is 314. The molecule has 2 amide bonds. The van der Waals surface area contributed by atoms with E-state index in [0.29, 0.717) is 17.7 Å². The van der Waals surface area contributed by atoms with Crippen LogP contribution in [0.15, 0.2) is 11.3 Å². The minimum Gasteiger partial charge on any atom is -0.444 e. The van der Waals surface area contributed by atoms with Gasteiger partial charge in [-0.3, -0.25) is 10.1 Å². The molecule has 0 heterocycles. The summed E-state index contributed by atoms with van der Waals surface area (Å²) in [7, 11) is 0. The lowest BCUT2D eigenvalue weighted by atomic mass is 10.2. The van der Waals surface area contributed by atoms with E-state index in [2.05, 4.69) is 5.32 Å². The van der Waals surface area contributed by atoms with E-state index in [9.17, 15) is 9.59 Å². The number of amides is 2. The average Bonchev–Trinajstić information content (AvgIpc) is 2.09. The highest BCUT2D eigenvalue weighted by atomic mass is 16.6. The predicted octanol–water partition coefficient (Wildman–Crippen LogP) is 1.68. The fourth-order valence-corrected chi connectivity index (χ4v) is 1.02. The Balaban J connectivity index is 4.64. The standard InChI is InChI=1S/C11H20N2O3/c1-6-8(7(2)9(12)14)13-10(15)16-11(3,4)5/h6H2,1-5H3,(H2,12,14)(H,13,15)/b8-7+. The van der Waals surface area contributed by atoms with Crippen molar-refractivity contribution in [3.05, 3.63) is 11.3 Å². The molecule has 0 aliphatic rings. The molecule has 0 fully saturated rings. The van der Waals surface area contributed by atoms with Crippen molar-refractivity contribution in [3.63, 3.8) is 0 Å². The summed E-state index contributed by atoms with van der Waals surface area (Å²) in [6.07, 6.45) is -0.0708. The van der Waals surface area contributed by atoms with Crippen LogP contribution in [-0.4, -0.2) is 17.6 Å². The average molecular weight is 228 g/mol. The molecule has 0 bridgehead atoms. The Morgan fingerprint density at radius 2 is 1.81 bits per heavy atom. The zero-order valence-corrected chi connectivity index (χ0v) is 10.5. The van der Waals surface area contributed by atoms with Crippen molar-refractivity contribution in [2.75, 3.05) is 0 Å². The smallest absolute Gasteiger partial charge is 0.411 e. The number of alkyl carbamates (subject to hydrolysis) is 1. The van der Waals surface area contributed by atoms with Crippen molar-refractivity contribution in [2.24, 2.45) is 5.73 Å². The fraction of sp³-hybridized carbons (Fsp3) is 0.636. The molecule has 0 atom stereocenters. The molecule has 0 rings (SSSR count). The largest absolute Gasteiger partial charge is 0.444 e. The van der Waals surface area contributed by atoms with Gasteiger partial charge in [-0.05, 0) is 34.1 Å². The molecule has 0 radical (unpaired) electrons. The number of allylic oxidation sites excluding steroid dienone is 1. The summed E-state index contributed by atoms with van der Waals surface area (Å²) in [5, 5.41) is 2.52. The number of ether oxygens (including phenoxy) is 1. The molecule has 16 heavy (non-hydrogen) atoms. The van der Waals surface area contributed by atoms with Crippen LogP contribution in [0.4, 0.5) is 4.79 Å². The zero-order valence-electron chi connectivity index (χ0n) is 10.5. The molecule has 0 aromatic heterocycles. The third-order valence-electron chi connectivity index (χ3n) is 1.83. The summed E-state index contributed by atoms with van der Waals surface area (Å²) >= 11 is 0. The summed E-state index contributed by atoms with van der Waals surface area (Å²) in [5.41, 5.74) is 5.39. The molecule has 0 aliphatic carbocycles. The van der Waals surface area contributed by atoms with Gasteiger partial charge < -0.3 is 10.5 Å². The van der Waals surface area contributed by atoms with E-state index in [1.165, 1.54) is 0 Å². The van der Waals surface area contributed by atoms with Gasteiger partial charge in [0.25, 0.3) is 0 Å². The summed E-state index contributed by atoms with van der Waals surface area (Å²) in [4.78, 5) is 22.4. The lowest BCUT2D eigenvalue weighted by Gasteiger charge is -2.20. The summed E-state index contributed by atoms with van der Waals surface area (Å²) in [6.45, 7) is 8.69. The van der Waals surface area contributed by atoms with Gasteiger partial charge in [0, 0.05) is 11.3 Å². The van der Waals surface area contributed by atoms with E-state index < -0.39 is 17.6 Å². The van der Waals surface area contributed by atoms with E-state index >= 15 is 0 Å². The molecular weight excluding hydrogens is 208 g/mol. The highest BCUT2D eigenvalue weighted by Crippen LogP contribution is 2.09. The number of carbonyl (C=O) groups excluding carboxylic acids is 2. The normalized spacial score (nSPS) is 12.8. The second-order valence-electron chi connectivity index (χ2n) is 4.45. The lowest BCUT2D eigenvalue weighted by Crippen LogP contribution is -2.33. The van der Waals surface area contributed by atoms with Crippen LogP contribution in [0.25, 0.3) is 0 Å². The Hall–Kier alpha value is -1.52. The monoisotopic (exact) mass is 228 g/mol. The van der Waals surface area contributed by atoms with E-state index in [1.807, 2.05) is 6.92 Å². The molecule has 0 aromatic carbocycles. The van der Waals surface area contributed by atoms with Gasteiger partial charge in [-0.15, -0.1) is 0 Å². The van der Waals surface area contributed by atoms with Gasteiger partial charge in [-0.2, -0.15) is 0 Å². The van der Waals surface area contributed by atoms with Crippen molar-refractivity contribution in [3.8, 4) is 0 Å². The van der Waals surface area contributed by atoms with Crippen LogP contribution in [-0.2, 0) is 9.53 Å². The van der Waals surface area contributed by atoms with Crippen LogP contribution >= 0.6 is 0 Å². The first-order valence-corrected chi connectivity index (χ1v) is 5.17. The van der Waals surface area contributed by atoms with Crippen LogP contribution in [0, 0.1) is 0 Å². The van der Waals surface area contributed by atoms with Crippen LogP contribution in [0.5, 0.6) is 0 Å². The van der Waals surface area contributed by atoms with Gasteiger partial charge in [0.05, 0.1) is 0 Å². The Kier molecular flexibility index (Phi) is 5.01. The number of nitrogens with two attached hydrogens (primary N) is 1. The van der Waals surface area contributed by atoms with Crippen molar-refractivity contribution in [1.82, 2.24) is 5.32 Å². The number of primary amides is 1. The van der Waals surface area contributed by atoms with Crippen molar-refractivity contribution < 1.29 is 14.3 Å². The molecule has 0 aliphatic heterocycles. The Morgan fingerprint density at radius 3 is 2.12 bits per heavy atom.